The quantitative estimate of drug-likeness (QED) is 0.662. The van der Waals surface area contributed by atoms with Gasteiger partial charge < -0.3 is 4.90 Å². The normalized spacial score (nSPS) is 16.3. The fraction of sp³-hybridized carbons (Fsp3) is 0.238. The molecule has 29 heavy (non-hydrogen) atoms. The lowest BCUT2D eigenvalue weighted by molar-refractivity contribution is -0.117. The van der Waals surface area contributed by atoms with Gasteiger partial charge in [0, 0.05) is 35.2 Å². The van der Waals surface area contributed by atoms with E-state index in [-0.39, 0.29) is 17.7 Å². The van der Waals surface area contributed by atoms with Crippen LogP contribution in [0.3, 0.4) is 0 Å². The molecule has 2 heterocycles. The zero-order valence-electron chi connectivity index (χ0n) is 16.0. The molecule has 1 aliphatic heterocycles. The van der Waals surface area contributed by atoms with Gasteiger partial charge in [-0.25, -0.2) is 0 Å². The van der Waals surface area contributed by atoms with E-state index in [4.69, 9.17) is 11.6 Å². The summed E-state index contributed by atoms with van der Waals surface area (Å²) < 4.78 is 0. The van der Waals surface area contributed by atoms with E-state index in [2.05, 4.69) is 21.6 Å². The standard InChI is InChI=1S/C21H19ClN4O2S/c1-12-7-13(2)9-17(8-12)26-11-15(10-18(26)27)20-24-25-21(29-20)23-19(28)14-3-5-16(22)6-4-14/h3-9,15H,10-11H2,1-2H3,(H,23,25,28). The Morgan fingerprint density at radius 2 is 1.83 bits per heavy atom. The Kier molecular flexibility index (Phi) is 5.34. The van der Waals surface area contributed by atoms with Crippen molar-refractivity contribution in [3.05, 3.63) is 69.2 Å². The molecule has 1 N–H and O–H groups in total. The molecule has 1 unspecified atom stereocenters. The molecule has 4 rings (SSSR count). The number of nitrogens with zero attached hydrogens (tertiary/aromatic N) is 3. The summed E-state index contributed by atoms with van der Waals surface area (Å²) in [4.78, 5) is 26.7. The Hall–Kier alpha value is -2.77. The SMILES string of the molecule is Cc1cc(C)cc(N2CC(c3nnc(NC(=O)c4ccc(Cl)cc4)s3)CC2=O)c1. The van der Waals surface area contributed by atoms with Crippen LogP contribution >= 0.6 is 22.9 Å². The van der Waals surface area contributed by atoms with Crippen LogP contribution in [0.15, 0.2) is 42.5 Å². The molecule has 1 saturated heterocycles. The lowest BCUT2D eigenvalue weighted by Gasteiger charge is -2.17. The van der Waals surface area contributed by atoms with Crippen molar-refractivity contribution in [2.75, 3.05) is 16.8 Å². The number of hydrogen-bond donors (Lipinski definition) is 1. The van der Waals surface area contributed by atoms with Crippen LogP contribution in [0.4, 0.5) is 10.8 Å². The molecular formula is C21H19ClN4O2S. The van der Waals surface area contributed by atoms with Gasteiger partial charge in [0.25, 0.3) is 5.91 Å². The molecule has 2 amide bonds. The number of aromatic nitrogens is 2. The third-order valence-electron chi connectivity index (χ3n) is 4.76. The van der Waals surface area contributed by atoms with Gasteiger partial charge in [-0.3, -0.25) is 14.9 Å². The maximum absolute atomic E-state index is 12.6. The number of rotatable bonds is 4. The minimum atomic E-state index is -0.274. The van der Waals surface area contributed by atoms with Crippen LogP contribution in [0, 0.1) is 13.8 Å². The van der Waals surface area contributed by atoms with Crippen LogP contribution in [0.5, 0.6) is 0 Å². The summed E-state index contributed by atoms with van der Waals surface area (Å²) in [7, 11) is 0. The van der Waals surface area contributed by atoms with Crippen molar-refractivity contribution in [3.8, 4) is 0 Å². The van der Waals surface area contributed by atoms with Crippen LogP contribution in [-0.2, 0) is 4.79 Å². The summed E-state index contributed by atoms with van der Waals surface area (Å²) in [6, 6.07) is 12.7. The fourth-order valence-corrected chi connectivity index (χ4v) is 4.41. The Balaban J connectivity index is 1.46. The average Bonchev–Trinajstić information content (AvgIpc) is 3.28. The molecule has 0 spiro atoms. The molecule has 8 heteroatoms. The van der Waals surface area contributed by atoms with Gasteiger partial charge in [0.1, 0.15) is 5.01 Å². The van der Waals surface area contributed by atoms with Crippen molar-refractivity contribution >= 4 is 45.6 Å². The monoisotopic (exact) mass is 426 g/mol. The summed E-state index contributed by atoms with van der Waals surface area (Å²) in [5.41, 5.74) is 3.65. The smallest absolute Gasteiger partial charge is 0.257 e. The predicted molar refractivity (Wildman–Crippen MR) is 115 cm³/mol. The molecule has 1 fully saturated rings. The van der Waals surface area contributed by atoms with Crippen LogP contribution < -0.4 is 10.2 Å². The molecular weight excluding hydrogens is 408 g/mol. The maximum Gasteiger partial charge on any atom is 0.257 e. The second-order valence-corrected chi connectivity index (χ2v) is 8.60. The number of halogens is 1. The molecule has 0 bridgehead atoms. The van der Waals surface area contributed by atoms with Gasteiger partial charge in [0.2, 0.25) is 11.0 Å². The second-order valence-electron chi connectivity index (χ2n) is 7.16. The molecule has 0 radical (unpaired) electrons. The summed E-state index contributed by atoms with van der Waals surface area (Å²) in [6.45, 7) is 4.60. The van der Waals surface area contributed by atoms with Crippen LogP contribution in [0.25, 0.3) is 0 Å². The fourth-order valence-electron chi connectivity index (χ4n) is 3.45. The predicted octanol–water partition coefficient (Wildman–Crippen LogP) is 4.58. The van der Waals surface area contributed by atoms with E-state index in [1.807, 2.05) is 26.0 Å². The molecule has 0 saturated carbocycles. The highest BCUT2D eigenvalue weighted by atomic mass is 35.5. The number of carbonyl (C=O) groups excluding carboxylic acids is 2. The molecule has 6 nitrogen and oxygen atoms in total. The van der Waals surface area contributed by atoms with E-state index in [1.165, 1.54) is 11.3 Å². The maximum atomic E-state index is 12.6. The number of anilines is 2. The van der Waals surface area contributed by atoms with E-state index in [0.717, 1.165) is 21.8 Å². The third kappa shape index (κ3) is 4.31. The Bertz CT molecular complexity index is 1060. The highest BCUT2D eigenvalue weighted by Gasteiger charge is 2.34. The Morgan fingerprint density at radius 3 is 2.52 bits per heavy atom. The van der Waals surface area contributed by atoms with E-state index in [0.29, 0.717) is 28.7 Å². The minimum Gasteiger partial charge on any atom is -0.312 e. The van der Waals surface area contributed by atoms with Crippen molar-refractivity contribution in [1.82, 2.24) is 10.2 Å². The van der Waals surface area contributed by atoms with Gasteiger partial charge in [-0.2, -0.15) is 0 Å². The molecule has 0 aliphatic carbocycles. The van der Waals surface area contributed by atoms with Crippen LogP contribution in [0.1, 0.15) is 38.8 Å². The minimum absolute atomic E-state index is 0.0398. The van der Waals surface area contributed by atoms with Gasteiger partial charge >= 0.3 is 0 Å². The Labute approximate surface area is 177 Å². The summed E-state index contributed by atoms with van der Waals surface area (Å²) >= 11 is 7.16. The number of aryl methyl sites for hydroxylation is 2. The third-order valence-corrected chi connectivity index (χ3v) is 6.01. The first-order valence-electron chi connectivity index (χ1n) is 9.18. The molecule has 1 aliphatic rings. The van der Waals surface area contributed by atoms with Crippen molar-refractivity contribution < 1.29 is 9.59 Å². The topological polar surface area (TPSA) is 75.2 Å². The lowest BCUT2D eigenvalue weighted by atomic mass is 10.1. The van der Waals surface area contributed by atoms with E-state index in [9.17, 15) is 9.59 Å². The summed E-state index contributed by atoms with van der Waals surface area (Å²) in [5.74, 6) is -0.243. The van der Waals surface area contributed by atoms with Crippen molar-refractivity contribution in [2.45, 2.75) is 26.2 Å². The number of nitrogens with one attached hydrogen (secondary N) is 1. The van der Waals surface area contributed by atoms with Crippen LogP contribution in [-0.4, -0.2) is 28.6 Å². The van der Waals surface area contributed by atoms with Gasteiger partial charge in [-0.1, -0.05) is 29.0 Å². The molecule has 2 aromatic carbocycles. The molecule has 1 atom stereocenters. The van der Waals surface area contributed by atoms with Crippen LogP contribution in [0.2, 0.25) is 5.02 Å². The lowest BCUT2D eigenvalue weighted by Crippen LogP contribution is -2.24. The summed E-state index contributed by atoms with van der Waals surface area (Å²) in [5, 5.41) is 12.8. The highest BCUT2D eigenvalue weighted by molar-refractivity contribution is 7.15. The number of benzene rings is 2. The highest BCUT2D eigenvalue weighted by Crippen LogP contribution is 2.35. The first-order valence-corrected chi connectivity index (χ1v) is 10.4. The number of hydrogen-bond acceptors (Lipinski definition) is 5. The van der Waals surface area contributed by atoms with E-state index < -0.39 is 0 Å². The first kappa shape index (κ1) is 19.5. The van der Waals surface area contributed by atoms with Gasteiger partial charge in [0.05, 0.1) is 0 Å². The first-order chi connectivity index (χ1) is 13.9. The Morgan fingerprint density at radius 1 is 1.14 bits per heavy atom. The average molecular weight is 427 g/mol. The van der Waals surface area contributed by atoms with Gasteiger partial charge in [0.15, 0.2) is 0 Å². The molecule has 148 valence electrons. The van der Waals surface area contributed by atoms with E-state index in [1.54, 1.807) is 29.2 Å². The zero-order valence-corrected chi connectivity index (χ0v) is 17.5. The zero-order chi connectivity index (χ0) is 20.5. The van der Waals surface area contributed by atoms with Gasteiger partial charge in [-0.15, -0.1) is 10.2 Å². The van der Waals surface area contributed by atoms with E-state index >= 15 is 0 Å². The van der Waals surface area contributed by atoms with Crippen molar-refractivity contribution in [3.63, 3.8) is 0 Å². The molecule has 3 aromatic rings. The van der Waals surface area contributed by atoms with Crippen molar-refractivity contribution in [2.24, 2.45) is 0 Å². The number of amides is 2. The van der Waals surface area contributed by atoms with Crippen molar-refractivity contribution in [1.29, 1.82) is 0 Å². The second kappa shape index (κ2) is 7.93. The summed E-state index contributed by atoms with van der Waals surface area (Å²) in [6.07, 6.45) is 0.382. The van der Waals surface area contributed by atoms with Gasteiger partial charge in [-0.05, 0) is 61.4 Å². The molecule has 1 aromatic heterocycles. The largest absolute Gasteiger partial charge is 0.312 e. The number of carbonyl (C=O) groups is 2.